The van der Waals surface area contributed by atoms with Crippen molar-refractivity contribution in [2.24, 2.45) is 11.8 Å². The van der Waals surface area contributed by atoms with Gasteiger partial charge in [-0.15, -0.1) is 0 Å². The maximum Gasteiger partial charge on any atom is 0.254 e. The highest BCUT2D eigenvalue weighted by Gasteiger charge is 2.45. The Labute approximate surface area is 122 Å². The first-order valence-electron chi connectivity index (χ1n) is 6.98. The average molecular weight is 323 g/mol. The lowest BCUT2D eigenvalue weighted by molar-refractivity contribution is 0.0711. The molecule has 0 spiro atoms. The number of halogens is 1. The Hall–Kier alpha value is -0.870. The van der Waals surface area contributed by atoms with Gasteiger partial charge >= 0.3 is 0 Å². The van der Waals surface area contributed by atoms with Crippen LogP contribution >= 0.6 is 15.9 Å². The lowest BCUT2D eigenvalue weighted by Gasteiger charge is -2.27. The molecule has 4 heteroatoms. The maximum absolute atomic E-state index is 12.6. The van der Waals surface area contributed by atoms with Crippen molar-refractivity contribution in [2.75, 3.05) is 19.6 Å². The second kappa shape index (κ2) is 5.25. The molecule has 2 heterocycles. The molecule has 1 N–H and O–H groups in total. The monoisotopic (exact) mass is 322 g/mol. The van der Waals surface area contributed by atoms with Crippen LogP contribution in [0.25, 0.3) is 0 Å². The molecule has 3 rings (SSSR count). The summed E-state index contributed by atoms with van der Waals surface area (Å²) in [7, 11) is 0. The molecule has 2 aliphatic heterocycles. The minimum atomic E-state index is 0.189. The number of hydrogen-bond acceptors (Lipinski definition) is 2. The summed E-state index contributed by atoms with van der Waals surface area (Å²) in [5.74, 6) is 1.47. The van der Waals surface area contributed by atoms with E-state index in [0.717, 1.165) is 36.1 Å². The van der Waals surface area contributed by atoms with Crippen molar-refractivity contribution in [3.8, 4) is 0 Å². The Bertz CT molecular complexity index is 474. The predicted molar refractivity (Wildman–Crippen MR) is 79.1 cm³/mol. The van der Waals surface area contributed by atoms with Crippen LogP contribution in [-0.4, -0.2) is 36.5 Å². The van der Waals surface area contributed by atoms with Crippen LogP contribution in [0.2, 0.25) is 0 Å². The Kier molecular flexibility index (Phi) is 3.63. The van der Waals surface area contributed by atoms with Crippen molar-refractivity contribution in [3.63, 3.8) is 0 Å². The molecule has 0 aromatic heterocycles. The van der Waals surface area contributed by atoms with Gasteiger partial charge in [-0.25, -0.2) is 0 Å². The smallest absolute Gasteiger partial charge is 0.254 e. The first-order chi connectivity index (χ1) is 9.20. The van der Waals surface area contributed by atoms with Crippen molar-refractivity contribution in [1.29, 1.82) is 0 Å². The molecule has 0 aliphatic carbocycles. The molecule has 102 valence electrons. The van der Waals surface area contributed by atoms with E-state index in [9.17, 15) is 4.79 Å². The summed E-state index contributed by atoms with van der Waals surface area (Å²) in [6.07, 6.45) is 1.05. The highest BCUT2D eigenvalue weighted by atomic mass is 79.9. The second-order valence-electron chi connectivity index (χ2n) is 5.52. The van der Waals surface area contributed by atoms with Gasteiger partial charge in [-0.2, -0.15) is 0 Å². The topological polar surface area (TPSA) is 32.3 Å². The quantitative estimate of drug-likeness (QED) is 0.907. The predicted octanol–water partition coefficient (Wildman–Crippen LogP) is 2.52. The third-order valence-electron chi connectivity index (χ3n) is 4.49. The van der Waals surface area contributed by atoms with E-state index in [1.165, 1.54) is 0 Å². The van der Waals surface area contributed by atoms with E-state index in [0.29, 0.717) is 17.9 Å². The zero-order valence-electron chi connectivity index (χ0n) is 11.1. The van der Waals surface area contributed by atoms with Crippen LogP contribution in [0.4, 0.5) is 0 Å². The van der Waals surface area contributed by atoms with E-state index >= 15 is 0 Å². The number of amides is 1. The van der Waals surface area contributed by atoms with E-state index in [1.54, 1.807) is 0 Å². The number of hydrogen-bond donors (Lipinski definition) is 1. The van der Waals surface area contributed by atoms with Crippen LogP contribution in [0.3, 0.4) is 0 Å². The molecule has 0 radical (unpaired) electrons. The van der Waals surface area contributed by atoms with Crippen molar-refractivity contribution in [1.82, 2.24) is 10.2 Å². The molecule has 3 atom stereocenters. The molecule has 19 heavy (non-hydrogen) atoms. The lowest BCUT2D eigenvalue weighted by atomic mass is 9.93. The zero-order valence-corrected chi connectivity index (χ0v) is 12.7. The first kappa shape index (κ1) is 13.1. The van der Waals surface area contributed by atoms with Crippen LogP contribution in [0.1, 0.15) is 23.7 Å². The molecule has 1 aromatic carbocycles. The SMILES string of the molecule is CCC1C2CNCC2CN1C(=O)c1ccc(Br)cc1. The van der Waals surface area contributed by atoms with Crippen LogP contribution in [0, 0.1) is 11.8 Å². The summed E-state index contributed by atoms with van der Waals surface area (Å²) in [5, 5.41) is 3.45. The fourth-order valence-electron chi connectivity index (χ4n) is 3.54. The third-order valence-corrected chi connectivity index (χ3v) is 5.02. The molecule has 1 amide bonds. The van der Waals surface area contributed by atoms with Crippen molar-refractivity contribution in [3.05, 3.63) is 34.3 Å². The Morgan fingerprint density at radius 1 is 1.37 bits per heavy atom. The van der Waals surface area contributed by atoms with Crippen LogP contribution in [0.15, 0.2) is 28.7 Å². The molecule has 0 bridgehead atoms. The van der Waals surface area contributed by atoms with E-state index in [2.05, 4.69) is 33.1 Å². The van der Waals surface area contributed by atoms with Gasteiger partial charge in [0.15, 0.2) is 0 Å². The molecule has 2 fully saturated rings. The van der Waals surface area contributed by atoms with Crippen molar-refractivity contribution < 1.29 is 4.79 Å². The van der Waals surface area contributed by atoms with Crippen LogP contribution < -0.4 is 5.32 Å². The summed E-state index contributed by atoms with van der Waals surface area (Å²) in [4.78, 5) is 14.7. The van der Waals surface area contributed by atoms with Gasteiger partial charge in [-0.05, 0) is 42.5 Å². The second-order valence-corrected chi connectivity index (χ2v) is 6.44. The van der Waals surface area contributed by atoms with E-state index in [-0.39, 0.29) is 5.91 Å². The van der Waals surface area contributed by atoms with Crippen LogP contribution in [-0.2, 0) is 0 Å². The molecule has 0 saturated carbocycles. The molecule has 3 nitrogen and oxygen atoms in total. The average Bonchev–Trinajstić information content (AvgIpc) is 2.98. The van der Waals surface area contributed by atoms with Gasteiger partial charge in [0, 0.05) is 35.7 Å². The lowest BCUT2D eigenvalue weighted by Crippen LogP contribution is -2.39. The van der Waals surface area contributed by atoms with Gasteiger partial charge < -0.3 is 10.2 Å². The Balaban J connectivity index is 1.81. The Morgan fingerprint density at radius 3 is 2.79 bits per heavy atom. The number of rotatable bonds is 2. The summed E-state index contributed by atoms with van der Waals surface area (Å²) in [6, 6.07) is 8.09. The number of nitrogens with one attached hydrogen (secondary N) is 1. The number of fused-ring (bicyclic) bond motifs is 1. The van der Waals surface area contributed by atoms with E-state index in [1.807, 2.05) is 24.3 Å². The number of benzene rings is 1. The molecule has 1 aromatic rings. The van der Waals surface area contributed by atoms with Gasteiger partial charge in [0.05, 0.1) is 0 Å². The Morgan fingerprint density at radius 2 is 2.11 bits per heavy atom. The number of carbonyl (C=O) groups excluding carboxylic acids is 1. The third kappa shape index (κ3) is 2.32. The summed E-state index contributed by atoms with van der Waals surface area (Å²) < 4.78 is 1.01. The number of likely N-dealkylation sites (tertiary alicyclic amines) is 1. The maximum atomic E-state index is 12.6. The van der Waals surface area contributed by atoms with Gasteiger partial charge in [0.2, 0.25) is 0 Å². The minimum absolute atomic E-state index is 0.189. The van der Waals surface area contributed by atoms with Gasteiger partial charge in [-0.3, -0.25) is 4.79 Å². The summed E-state index contributed by atoms with van der Waals surface area (Å²) in [6.45, 7) is 5.22. The largest absolute Gasteiger partial charge is 0.335 e. The molecule has 3 unspecified atom stereocenters. The van der Waals surface area contributed by atoms with Crippen molar-refractivity contribution >= 4 is 21.8 Å². The van der Waals surface area contributed by atoms with Crippen molar-refractivity contribution in [2.45, 2.75) is 19.4 Å². The zero-order chi connectivity index (χ0) is 13.4. The normalized spacial score (nSPS) is 29.6. The van der Waals surface area contributed by atoms with Crippen LogP contribution in [0.5, 0.6) is 0 Å². The van der Waals surface area contributed by atoms with E-state index < -0.39 is 0 Å². The number of nitrogens with zero attached hydrogens (tertiary/aromatic N) is 1. The standard InChI is InChI=1S/C15H19BrN2O/c1-2-14-13-8-17-7-11(13)9-18(14)15(19)10-3-5-12(16)6-4-10/h3-6,11,13-14,17H,2,7-9H2,1H3. The highest BCUT2D eigenvalue weighted by molar-refractivity contribution is 9.10. The highest BCUT2D eigenvalue weighted by Crippen LogP contribution is 2.35. The first-order valence-corrected chi connectivity index (χ1v) is 7.77. The fourth-order valence-corrected chi connectivity index (χ4v) is 3.80. The summed E-state index contributed by atoms with van der Waals surface area (Å²) >= 11 is 3.41. The molecule has 2 saturated heterocycles. The minimum Gasteiger partial charge on any atom is -0.335 e. The molecular weight excluding hydrogens is 304 g/mol. The van der Waals surface area contributed by atoms with Gasteiger partial charge in [-0.1, -0.05) is 22.9 Å². The number of carbonyl (C=O) groups is 1. The fraction of sp³-hybridized carbons (Fsp3) is 0.533. The van der Waals surface area contributed by atoms with E-state index in [4.69, 9.17) is 0 Å². The van der Waals surface area contributed by atoms with Gasteiger partial charge in [0.25, 0.3) is 5.91 Å². The summed E-state index contributed by atoms with van der Waals surface area (Å²) in [5.41, 5.74) is 0.801. The molecule has 2 aliphatic rings. The van der Waals surface area contributed by atoms with Gasteiger partial charge in [0.1, 0.15) is 0 Å². The molecular formula is C15H19BrN2O.